The number of aliphatic carboxylic acids is 1. The number of carbonyl (C=O) groups is 2. The Bertz CT molecular complexity index is 375. The minimum Gasteiger partial charge on any atom is -0.497 e. The summed E-state index contributed by atoms with van der Waals surface area (Å²) < 4.78 is 5.37. The van der Waals surface area contributed by atoms with Crippen LogP contribution in [0.15, 0.2) is 12.3 Å². The summed E-state index contributed by atoms with van der Waals surface area (Å²) in [4.78, 5) is 22.6. The SMILES string of the molecule is O=C(NCC1CCC=CO1)NC1CCC(C(=O)O)CC1. The van der Waals surface area contributed by atoms with E-state index < -0.39 is 5.97 Å². The highest BCUT2D eigenvalue weighted by molar-refractivity contribution is 5.74. The fraction of sp³-hybridized carbons (Fsp3) is 0.714. The Morgan fingerprint density at radius 2 is 1.95 bits per heavy atom. The molecule has 112 valence electrons. The summed E-state index contributed by atoms with van der Waals surface area (Å²) in [6, 6.07) is -0.111. The Kier molecular flexibility index (Phi) is 5.26. The number of amides is 2. The van der Waals surface area contributed by atoms with Gasteiger partial charge in [0.05, 0.1) is 18.7 Å². The van der Waals surface area contributed by atoms with Crippen LogP contribution in [0.1, 0.15) is 38.5 Å². The molecule has 1 aliphatic carbocycles. The molecule has 6 heteroatoms. The average Bonchev–Trinajstić information content (AvgIpc) is 2.47. The van der Waals surface area contributed by atoms with E-state index >= 15 is 0 Å². The second kappa shape index (κ2) is 7.17. The Labute approximate surface area is 118 Å². The lowest BCUT2D eigenvalue weighted by atomic mass is 9.86. The Morgan fingerprint density at radius 1 is 1.20 bits per heavy atom. The van der Waals surface area contributed by atoms with Crippen molar-refractivity contribution in [1.82, 2.24) is 10.6 Å². The molecule has 1 saturated carbocycles. The summed E-state index contributed by atoms with van der Waals surface area (Å²) >= 11 is 0. The number of hydrogen-bond donors (Lipinski definition) is 3. The van der Waals surface area contributed by atoms with Gasteiger partial charge in [-0.05, 0) is 44.6 Å². The van der Waals surface area contributed by atoms with Crippen molar-refractivity contribution >= 4 is 12.0 Å². The van der Waals surface area contributed by atoms with Gasteiger partial charge in [0.15, 0.2) is 0 Å². The highest BCUT2D eigenvalue weighted by Gasteiger charge is 2.26. The van der Waals surface area contributed by atoms with E-state index in [2.05, 4.69) is 10.6 Å². The highest BCUT2D eigenvalue weighted by Crippen LogP contribution is 2.24. The third kappa shape index (κ3) is 4.43. The second-order valence-corrected chi connectivity index (χ2v) is 5.45. The van der Waals surface area contributed by atoms with Gasteiger partial charge in [-0.2, -0.15) is 0 Å². The first kappa shape index (κ1) is 14.7. The van der Waals surface area contributed by atoms with E-state index in [0.717, 1.165) is 25.7 Å². The number of carbonyl (C=O) groups excluding carboxylic acids is 1. The molecule has 0 bridgehead atoms. The molecule has 1 unspecified atom stereocenters. The Hall–Kier alpha value is -1.72. The van der Waals surface area contributed by atoms with Crippen LogP contribution in [0.2, 0.25) is 0 Å². The van der Waals surface area contributed by atoms with Gasteiger partial charge in [0.1, 0.15) is 6.10 Å². The summed E-state index contributed by atoms with van der Waals surface area (Å²) in [6.45, 7) is 0.501. The van der Waals surface area contributed by atoms with Gasteiger partial charge in [-0.1, -0.05) is 0 Å². The van der Waals surface area contributed by atoms with Crippen molar-refractivity contribution in [2.75, 3.05) is 6.54 Å². The number of allylic oxidation sites excluding steroid dienone is 1. The third-order valence-corrected chi connectivity index (χ3v) is 3.92. The quantitative estimate of drug-likeness (QED) is 0.731. The molecule has 2 amide bonds. The lowest BCUT2D eigenvalue weighted by Gasteiger charge is -2.27. The van der Waals surface area contributed by atoms with Crippen molar-refractivity contribution in [1.29, 1.82) is 0 Å². The maximum absolute atomic E-state index is 11.8. The van der Waals surface area contributed by atoms with Crippen molar-refractivity contribution in [3.63, 3.8) is 0 Å². The normalized spacial score (nSPS) is 29.3. The summed E-state index contributed by atoms with van der Waals surface area (Å²) in [6.07, 6.45) is 8.33. The molecule has 1 aliphatic heterocycles. The van der Waals surface area contributed by atoms with Crippen LogP contribution >= 0.6 is 0 Å². The molecule has 1 fully saturated rings. The largest absolute Gasteiger partial charge is 0.497 e. The Balaban J connectivity index is 1.62. The van der Waals surface area contributed by atoms with Gasteiger partial charge in [0.2, 0.25) is 0 Å². The Morgan fingerprint density at radius 3 is 2.55 bits per heavy atom. The van der Waals surface area contributed by atoms with Crippen molar-refractivity contribution in [3.8, 4) is 0 Å². The number of carboxylic acids is 1. The fourth-order valence-electron chi connectivity index (χ4n) is 2.66. The first-order valence-corrected chi connectivity index (χ1v) is 7.23. The van der Waals surface area contributed by atoms with E-state index in [4.69, 9.17) is 9.84 Å². The molecule has 0 aromatic rings. The molecule has 0 aromatic carbocycles. The molecule has 0 saturated heterocycles. The maximum atomic E-state index is 11.8. The molecule has 1 atom stereocenters. The molecule has 2 aliphatic rings. The molecule has 20 heavy (non-hydrogen) atoms. The van der Waals surface area contributed by atoms with Gasteiger partial charge < -0.3 is 20.5 Å². The van der Waals surface area contributed by atoms with Crippen molar-refractivity contribution in [2.24, 2.45) is 5.92 Å². The van der Waals surface area contributed by atoms with E-state index in [1.165, 1.54) is 0 Å². The smallest absolute Gasteiger partial charge is 0.315 e. The molecule has 3 N–H and O–H groups in total. The standard InChI is InChI=1S/C14H22N2O4/c17-13(18)10-4-6-11(7-5-10)16-14(19)15-9-12-3-1-2-8-20-12/h2,8,10-12H,1,3-7,9H2,(H,17,18)(H2,15,16,19). The second-order valence-electron chi connectivity index (χ2n) is 5.45. The molecule has 1 heterocycles. The minimum absolute atomic E-state index is 0.0495. The highest BCUT2D eigenvalue weighted by atomic mass is 16.5. The summed E-state index contributed by atoms with van der Waals surface area (Å²) in [5, 5.41) is 14.6. The molecule has 2 rings (SSSR count). The topological polar surface area (TPSA) is 87.7 Å². The number of hydrogen-bond acceptors (Lipinski definition) is 3. The fourth-order valence-corrected chi connectivity index (χ4v) is 2.66. The van der Waals surface area contributed by atoms with Crippen LogP contribution in [-0.2, 0) is 9.53 Å². The zero-order valence-corrected chi connectivity index (χ0v) is 11.5. The molecular formula is C14H22N2O4. The van der Waals surface area contributed by atoms with Crippen LogP contribution in [0.4, 0.5) is 4.79 Å². The predicted octanol–water partition coefficient (Wildman–Crippen LogP) is 1.62. The number of nitrogens with one attached hydrogen (secondary N) is 2. The average molecular weight is 282 g/mol. The molecule has 0 spiro atoms. The van der Waals surface area contributed by atoms with Crippen molar-refractivity contribution < 1.29 is 19.4 Å². The number of rotatable bonds is 4. The van der Waals surface area contributed by atoms with Gasteiger partial charge in [-0.3, -0.25) is 4.79 Å². The van der Waals surface area contributed by atoms with E-state index in [1.54, 1.807) is 6.26 Å². The van der Waals surface area contributed by atoms with E-state index in [9.17, 15) is 9.59 Å². The van der Waals surface area contributed by atoms with Crippen molar-refractivity contribution in [2.45, 2.75) is 50.7 Å². The van der Waals surface area contributed by atoms with E-state index in [0.29, 0.717) is 19.4 Å². The first-order valence-electron chi connectivity index (χ1n) is 7.23. The molecule has 6 nitrogen and oxygen atoms in total. The molecule has 0 radical (unpaired) electrons. The van der Waals surface area contributed by atoms with Gasteiger partial charge in [-0.15, -0.1) is 0 Å². The van der Waals surface area contributed by atoms with E-state index in [-0.39, 0.29) is 24.1 Å². The van der Waals surface area contributed by atoms with Gasteiger partial charge in [0, 0.05) is 6.04 Å². The van der Waals surface area contributed by atoms with Crippen LogP contribution in [0.5, 0.6) is 0 Å². The lowest BCUT2D eigenvalue weighted by Crippen LogP contribution is -2.46. The minimum atomic E-state index is -0.726. The number of carboxylic acid groups (broad SMARTS) is 1. The van der Waals surface area contributed by atoms with Gasteiger partial charge >= 0.3 is 12.0 Å². The first-order chi connectivity index (χ1) is 9.65. The van der Waals surface area contributed by atoms with Crippen molar-refractivity contribution in [3.05, 3.63) is 12.3 Å². The van der Waals surface area contributed by atoms with Gasteiger partial charge in [-0.25, -0.2) is 4.79 Å². The summed E-state index contributed by atoms with van der Waals surface area (Å²) in [5.41, 5.74) is 0. The monoisotopic (exact) mass is 282 g/mol. The molecule has 0 aromatic heterocycles. The van der Waals surface area contributed by atoms with Gasteiger partial charge in [0.25, 0.3) is 0 Å². The lowest BCUT2D eigenvalue weighted by molar-refractivity contribution is -0.142. The van der Waals surface area contributed by atoms with Crippen LogP contribution < -0.4 is 10.6 Å². The maximum Gasteiger partial charge on any atom is 0.315 e. The summed E-state index contributed by atoms with van der Waals surface area (Å²) in [5.74, 6) is -0.978. The predicted molar refractivity (Wildman–Crippen MR) is 73.2 cm³/mol. The third-order valence-electron chi connectivity index (χ3n) is 3.92. The zero-order chi connectivity index (χ0) is 14.4. The van der Waals surface area contributed by atoms with Crippen LogP contribution in [0.25, 0.3) is 0 Å². The molecular weight excluding hydrogens is 260 g/mol. The van der Waals surface area contributed by atoms with Crippen LogP contribution in [-0.4, -0.2) is 35.8 Å². The number of ether oxygens (including phenoxy) is 1. The van der Waals surface area contributed by atoms with Crippen LogP contribution in [0, 0.1) is 5.92 Å². The van der Waals surface area contributed by atoms with Crippen LogP contribution in [0.3, 0.4) is 0 Å². The summed E-state index contributed by atoms with van der Waals surface area (Å²) in [7, 11) is 0. The zero-order valence-electron chi connectivity index (χ0n) is 11.5. The number of urea groups is 1. The van der Waals surface area contributed by atoms with E-state index in [1.807, 2.05) is 6.08 Å².